The number of aromatic nitrogens is 2. The first-order valence-corrected chi connectivity index (χ1v) is 8.30. The molecule has 1 heterocycles. The third-order valence-corrected chi connectivity index (χ3v) is 3.67. The van der Waals surface area contributed by atoms with Crippen molar-refractivity contribution in [3.63, 3.8) is 0 Å². The van der Waals surface area contributed by atoms with Gasteiger partial charge in [-0.3, -0.25) is 0 Å². The maximum Gasteiger partial charge on any atom is 0.319 e. The third kappa shape index (κ3) is 5.15. The van der Waals surface area contributed by atoms with Crippen molar-refractivity contribution in [2.75, 3.05) is 23.0 Å². The summed E-state index contributed by atoms with van der Waals surface area (Å²) in [5.74, 6) is 0.469. The second kappa shape index (κ2) is 8.61. The molecule has 7 nitrogen and oxygen atoms in total. The van der Waals surface area contributed by atoms with E-state index in [2.05, 4.69) is 31.2 Å². The standard InChI is InChI=1S/C19H19FN6O/c1-21-19(27)25-16-11-14(7-8-15(16)20)24-18-22-10-9-17(26-18)23-12-13-5-3-2-4-6-13/h2-11H,12H2,1H3,(H2,21,25,27)(H2,22,23,24,26). The lowest BCUT2D eigenvalue weighted by atomic mass is 10.2. The first-order valence-electron chi connectivity index (χ1n) is 8.30. The molecule has 27 heavy (non-hydrogen) atoms. The zero-order chi connectivity index (χ0) is 19.1. The fourth-order valence-corrected chi connectivity index (χ4v) is 2.32. The van der Waals surface area contributed by atoms with Crippen LogP contribution in [-0.2, 0) is 6.54 Å². The van der Waals surface area contributed by atoms with E-state index in [1.807, 2.05) is 30.3 Å². The van der Waals surface area contributed by atoms with Crippen molar-refractivity contribution in [2.45, 2.75) is 6.54 Å². The highest BCUT2D eigenvalue weighted by atomic mass is 19.1. The number of anilines is 4. The van der Waals surface area contributed by atoms with Gasteiger partial charge in [-0.2, -0.15) is 4.98 Å². The van der Waals surface area contributed by atoms with Crippen LogP contribution in [-0.4, -0.2) is 23.0 Å². The number of rotatable bonds is 6. The van der Waals surface area contributed by atoms with E-state index >= 15 is 0 Å². The van der Waals surface area contributed by atoms with Crippen LogP contribution >= 0.6 is 0 Å². The Morgan fingerprint density at radius 3 is 2.70 bits per heavy atom. The minimum absolute atomic E-state index is 0.0534. The van der Waals surface area contributed by atoms with Crippen LogP contribution in [0.25, 0.3) is 0 Å². The lowest BCUT2D eigenvalue weighted by molar-refractivity contribution is 0.254. The number of nitrogens with one attached hydrogen (secondary N) is 4. The summed E-state index contributed by atoms with van der Waals surface area (Å²) in [5.41, 5.74) is 1.73. The third-order valence-electron chi connectivity index (χ3n) is 3.67. The molecule has 3 aromatic rings. The van der Waals surface area contributed by atoms with Crippen LogP contribution in [0.3, 0.4) is 0 Å². The van der Waals surface area contributed by atoms with Crippen LogP contribution in [0.2, 0.25) is 0 Å². The van der Waals surface area contributed by atoms with E-state index in [-0.39, 0.29) is 5.69 Å². The number of amides is 2. The van der Waals surface area contributed by atoms with E-state index in [0.717, 1.165) is 5.56 Å². The number of benzene rings is 2. The zero-order valence-electron chi connectivity index (χ0n) is 14.7. The van der Waals surface area contributed by atoms with Gasteiger partial charge in [0.1, 0.15) is 11.6 Å². The van der Waals surface area contributed by atoms with Crippen LogP contribution in [0.15, 0.2) is 60.8 Å². The summed E-state index contributed by atoms with van der Waals surface area (Å²) < 4.78 is 13.8. The number of hydrogen-bond acceptors (Lipinski definition) is 5. The summed E-state index contributed by atoms with van der Waals surface area (Å²) in [6, 6.07) is 15.5. The topological polar surface area (TPSA) is 91.0 Å². The van der Waals surface area contributed by atoms with Crippen molar-refractivity contribution in [3.05, 3.63) is 72.2 Å². The summed E-state index contributed by atoms with van der Waals surface area (Å²) >= 11 is 0. The molecule has 0 saturated heterocycles. The molecular formula is C19H19FN6O. The number of hydrogen-bond donors (Lipinski definition) is 4. The summed E-state index contributed by atoms with van der Waals surface area (Å²) in [7, 11) is 1.46. The predicted octanol–water partition coefficient (Wildman–Crippen LogP) is 3.72. The second-order valence-corrected chi connectivity index (χ2v) is 5.63. The van der Waals surface area contributed by atoms with Gasteiger partial charge in [0.05, 0.1) is 5.69 Å². The van der Waals surface area contributed by atoms with Crippen LogP contribution in [0.1, 0.15) is 5.56 Å². The van der Waals surface area contributed by atoms with Crippen LogP contribution in [0.5, 0.6) is 0 Å². The van der Waals surface area contributed by atoms with E-state index < -0.39 is 11.8 Å². The molecule has 2 amide bonds. The van der Waals surface area contributed by atoms with E-state index in [1.54, 1.807) is 12.3 Å². The largest absolute Gasteiger partial charge is 0.366 e. The Hall–Kier alpha value is -3.68. The molecule has 0 fully saturated rings. The van der Waals surface area contributed by atoms with Gasteiger partial charge in [0.2, 0.25) is 5.95 Å². The molecule has 4 N–H and O–H groups in total. The van der Waals surface area contributed by atoms with E-state index in [4.69, 9.17) is 0 Å². The first-order chi connectivity index (χ1) is 13.1. The van der Waals surface area contributed by atoms with E-state index in [0.29, 0.717) is 24.0 Å². The molecular weight excluding hydrogens is 347 g/mol. The molecule has 0 unspecified atom stereocenters. The first kappa shape index (κ1) is 18.1. The molecule has 0 aliphatic rings. The summed E-state index contributed by atoms with van der Waals surface area (Å²) in [5, 5.41) is 11.0. The Balaban J connectivity index is 1.69. The number of carbonyl (C=O) groups is 1. The highest BCUT2D eigenvalue weighted by Gasteiger charge is 2.08. The molecule has 3 rings (SSSR count). The Kier molecular flexibility index (Phi) is 5.78. The summed E-state index contributed by atoms with van der Waals surface area (Å²) in [6.07, 6.45) is 1.62. The molecule has 2 aromatic carbocycles. The van der Waals surface area contributed by atoms with Gasteiger partial charge in [-0.15, -0.1) is 0 Å². The monoisotopic (exact) mass is 366 g/mol. The smallest absolute Gasteiger partial charge is 0.319 e. The summed E-state index contributed by atoms with van der Waals surface area (Å²) in [6.45, 7) is 0.633. The van der Waals surface area contributed by atoms with Crippen molar-refractivity contribution < 1.29 is 9.18 Å². The van der Waals surface area contributed by atoms with Gasteiger partial charge in [-0.05, 0) is 29.8 Å². The zero-order valence-corrected chi connectivity index (χ0v) is 14.7. The average Bonchev–Trinajstić information content (AvgIpc) is 2.70. The highest BCUT2D eigenvalue weighted by molar-refractivity contribution is 5.89. The fraction of sp³-hybridized carbons (Fsp3) is 0.105. The Morgan fingerprint density at radius 1 is 1.11 bits per heavy atom. The Labute approximate surface area is 156 Å². The van der Waals surface area contributed by atoms with Crippen LogP contribution < -0.4 is 21.3 Å². The molecule has 0 atom stereocenters. The lowest BCUT2D eigenvalue weighted by Gasteiger charge is -2.11. The van der Waals surface area contributed by atoms with Crippen molar-refractivity contribution in [3.8, 4) is 0 Å². The van der Waals surface area contributed by atoms with Crippen LogP contribution in [0.4, 0.5) is 32.3 Å². The van der Waals surface area contributed by atoms with E-state index in [9.17, 15) is 9.18 Å². The normalized spacial score (nSPS) is 10.1. The lowest BCUT2D eigenvalue weighted by Crippen LogP contribution is -2.25. The van der Waals surface area contributed by atoms with Crippen molar-refractivity contribution in [1.29, 1.82) is 0 Å². The van der Waals surface area contributed by atoms with Crippen LogP contribution in [0, 0.1) is 5.82 Å². The second-order valence-electron chi connectivity index (χ2n) is 5.63. The van der Waals surface area contributed by atoms with Crippen molar-refractivity contribution in [1.82, 2.24) is 15.3 Å². The quantitative estimate of drug-likeness (QED) is 0.534. The minimum Gasteiger partial charge on any atom is -0.366 e. The number of halogens is 1. The average molecular weight is 366 g/mol. The van der Waals surface area contributed by atoms with Gasteiger partial charge in [0.25, 0.3) is 0 Å². The van der Waals surface area contributed by atoms with Gasteiger partial charge < -0.3 is 21.3 Å². The molecule has 8 heteroatoms. The molecule has 138 valence electrons. The number of nitrogens with zero attached hydrogens (tertiary/aromatic N) is 2. The Bertz CT molecular complexity index is 919. The SMILES string of the molecule is CNC(=O)Nc1cc(Nc2nccc(NCc3ccccc3)n2)ccc1F. The number of urea groups is 1. The fourth-order valence-electron chi connectivity index (χ4n) is 2.32. The minimum atomic E-state index is -0.539. The maximum absolute atomic E-state index is 13.8. The van der Waals surface area contributed by atoms with Crippen molar-refractivity contribution >= 4 is 29.2 Å². The molecule has 1 aromatic heterocycles. The van der Waals surface area contributed by atoms with Gasteiger partial charge in [0.15, 0.2) is 0 Å². The molecule has 0 aliphatic heterocycles. The van der Waals surface area contributed by atoms with Crippen molar-refractivity contribution in [2.24, 2.45) is 0 Å². The van der Waals surface area contributed by atoms with Gasteiger partial charge in [-0.25, -0.2) is 14.2 Å². The molecule has 0 bridgehead atoms. The molecule has 0 aliphatic carbocycles. The van der Waals surface area contributed by atoms with E-state index in [1.165, 1.54) is 25.2 Å². The molecule has 0 saturated carbocycles. The number of carbonyl (C=O) groups excluding carboxylic acids is 1. The maximum atomic E-state index is 13.8. The van der Waals surface area contributed by atoms with Gasteiger partial charge in [-0.1, -0.05) is 30.3 Å². The predicted molar refractivity (Wildman–Crippen MR) is 104 cm³/mol. The highest BCUT2D eigenvalue weighted by Crippen LogP contribution is 2.22. The Morgan fingerprint density at radius 2 is 1.93 bits per heavy atom. The van der Waals surface area contributed by atoms with Gasteiger partial charge in [0, 0.05) is 25.5 Å². The summed E-state index contributed by atoms with van der Waals surface area (Å²) in [4.78, 5) is 19.9. The molecule has 0 spiro atoms. The molecule has 0 radical (unpaired) electrons. The van der Waals surface area contributed by atoms with Gasteiger partial charge >= 0.3 is 6.03 Å².